The molecular weight excluding hydrogens is 589 g/mol. The number of hydrogen-bond acceptors (Lipinski definition) is 6. The molecule has 0 fully saturated rings. The van der Waals surface area contributed by atoms with Crippen LogP contribution in [-0.2, 0) is 17.9 Å². The number of nitrogens with zero attached hydrogens (tertiary/aromatic N) is 6. The molecule has 5 aromatic rings. The average Bonchev–Trinajstić information content (AvgIpc) is 3.53. The largest absolute Gasteiger partial charge is 0.501 e. The van der Waals surface area contributed by atoms with E-state index in [0.717, 1.165) is 29.2 Å². The van der Waals surface area contributed by atoms with Gasteiger partial charge in [0.05, 0.1) is 23.4 Å². The number of hydrogen-bond donors (Lipinski definition) is 0. The molecule has 2 heterocycles. The lowest BCUT2D eigenvalue weighted by molar-refractivity contribution is -0.0455. The fourth-order valence-corrected chi connectivity index (χ4v) is 4.57. The van der Waals surface area contributed by atoms with E-state index in [-0.39, 0.29) is 5.56 Å². The Morgan fingerprint density at radius 2 is 1.62 bits per heavy atom. The van der Waals surface area contributed by atoms with Crippen molar-refractivity contribution in [3.63, 3.8) is 0 Å². The molecule has 0 aliphatic rings. The first kappa shape index (κ1) is 31.0. The molecule has 0 saturated heterocycles. The van der Waals surface area contributed by atoms with Gasteiger partial charge in [0.15, 0.2) is 15.7 Å². The van der Waals surface area contributed by atoms with Gasteiger partial charge in [-0.15, -0.1) is 5.10 Å². The topological polar surface area (TPSA) is 89.5 Å². The van der Waals surface area contributed by atoms with E-state index >= 15 is 8.78 Å². The highest BCUT2D eigenvalue weighted by Crippen LogP contribution is 2.43. The molecule has 0 amide bonds. The molecule has 0 radical (unpaired) electrons. The molecule has 222 valence electrons. The summed E-state index contributed by atoms with van der Waals surface area (Å²) in [4.78, 5) is 3.91. The molecule has 7 nitrogen and oxygen atoms in total. The lowest BCUT2D eigenvalue weighted by Gasteiger charge is -2.28. The lowest BCUT2D eigenvalue weighted by Crippen LogP contribution is -2.34. The maximum Gasteiger partial charge on any atom is 0.298 e. The van der Waals surface area contributed by atoms with Gasteiger partial charge in [-0.1, -0.05) is 24.0 Å². The van der Waals surface area contributed by atoms with Crippen LogP contribution < -0.4 is 4.74 Å². The Hall–Kier alpha value is -5.49. The van der Waals surface area contributed by atoms with E-state index in [1.165, 1.54) is 24.4 Å². The number of ether oxygens (including phenoxy) is 1. The minimum absolute atomic E-state index is 0.0541. The fourth-order valence-electron chi connectivity index (χ4n) is 4.57. The number of halogens is 5. The van der Waals surface area contributed by atoms with E-state index in [1.54, 1.807) is 52.1 Å². The number of pyridine rings is 1. The molecule has 1 atom stereocenters. The zero-order chi connectivity index (χ0) is 32.2. The lowest BCUT2D eigenvalue weighted by atomic mass is 9.61. The molecular formula is C31H21B2F5N6O. The van der Waals surface area contributed by atoms with Crippen molar-refractivity contribution in [3.05, 3.63) is 136 Å². The van der Waals surface area contributed by atoms with Gasteiger partial charge in [0.2, 0.25) is 0 Å². The molecule has 0 aliphatic carbocycles. The van der Waals surface area contributed by atoms with Gasteiger partial charge in [0.25, 0.3) is 5.92 Å². The van der Waals surface area contributed by atoms with E-state index in [2.05, 4.69) is 32.4 Å². The van der Waals surface area contributed by atoms with E-state index in [4.69, 9.17) is 10.00 Å². The highest BCUT2D eigenvalue weighted by molar-refractivity contribution is 6.39. The van der Waals surface area contributed by atoms with Crippen LogP contribution in [0.3, 0.4) is 0 Å². The van der Waals surface area contributed by atoms with Crippen molar-refractivity contribution >= 4 is 15.7 Å². The third-order valence-corrected chi connectivity index (χ3v) is 7.00. The van der Waals surface area contributed by atoms with Crippen LogP contribution >= 0.6 is 0 Å². The van der Waals surface area contributed by atoms with Crippen molar-refractivity contribution < 1.29 is 26.7 Å². The van der Waals surface area contributed by atoms with E-state index in [1.807, 2.05) is 0 Å². The number of benzene rings is 3. The van der Waals surface area contributed by atoms with E-state index in [0.29, 0.717) is 28.5 Å². The van der Waals surface area contributed by atoms with Crippen LogP contribution in [0.15, 0.2) is 85.3 Å². The van der Waals surface area contributed by atoms with Crippen LogP contribution in [0.4, 0.5) is 22.0 Å². The highest BCUT2D eigenvalue weighted by atomic mass is 19.3. The summed E-state index contributed by atoms with van der Waals surface area (Å²) < 4.78 is 80.9. The number of aromatic nitrogens is 5. The number of rotatable bonds is 8. The Balaban J connectivity index is 1.31. The predicted molar refractivity (Wildman–Crippen MR) is 158 cm³/mol. The molecule has 0 spiro atoms. The minimum Gasteiger partial charge on any atom is -0.501 e. The van der Waals surface area contributed by atoms with Crippen LogP contribution in [0.25, 0.3) is 0 Å². The smallest absolute Gasteiger partial charge is 0.298 e. The Labute approximate surface area is 256 Å². The maximum absolute atomic E-state index is 15.8. The van der Waals surface area contributed by atoms with Gasteiger partial charge >= 0.3 is 0 Å². The molecule has 0 bridgehead atoms. The van der Waals surface area contributed by atoms with Crippen LogP contribution in [0.5, 0.6) is 5.75 Å². The summed E-state index contributed by atoms with van der Waals surface area (Å²) in [5.74, 6) is -1.85. The van der Waals surface area contributed by atoms with Crippen molar-refractivity contribution in [3.8, 4) is 23.7 Å². The standard InChI is InChI=1S/C31H21B2F5N6O/c32-31(33,22-7-6-21(15-39)27(35)13-22)45-24-9-3-19(4-10-24)1-2-20-5-12-29(40-16-20)30(37,38)26(17-44-18-41-42-43-44)25-11-8-23(34)14-28(25)36/h3-14,16,18,26H,17,32-33H2. The SMILES string of the molecule is BC(B)(Oc1ccc(C#Cc2ccc(C(F)(F)C(Cn3cnnn3)c3ccc(F)cc3F)nc2)cc1)c1ccc(C#N)c(F)c1. The molecule has 3 aromatic carbocycles. The molecule has 14 heteroatoms. The maximum atomic E-state index is 15.8. The number of nitriles is 1. The number of alkyl halides is 2. The summed E-state index contributed by atoms with van der Waals surface area (Å²) in [6, 6.07) is 17.8. The molecule has 0 saturated carbocycles. The Morgan fingerprint density at radius 1 is 0.889 bits per heavy atom. The molecule has 0 aliphatic heterocycles. The molecule has 2 aromatic heterocycles. The molecule has 0 N–H and O–H groups in total. The normalized spacial score (nSPS) is 12.1. The Bertz CT molecular complexity index is 1920. The summed E-state index contributed by atoms with van der Waals surface area (Å²) in [6.07, 6.45) is 2.30. The summed E-state index contributed by atoms with van der Waals surface area (Å²) in [6.45, 7) is -0.493. The molecule has 1 unspecified atom stereocenters. The monoisotopic (exact) mass is 610 g/mol. The highest BCUT2D eigenvalue weighted by Gasteiger charge is 2.45. The Kier molecular flexibility index (Phi) is 8.68. The van der Waals surface area contributed by atoms with E-state index < -0.39 is 52.5 Å². The zero-order valence-corrected chi connectivity index (χ0v) is 23.8. The van der Waals surface area contributed by atoms with Gasteiger partial charge in [-0.25, -0.2) is 17.9 Å². The van der Waals surface area contributed by atoms with E-state index in [9.17, 15) is 13.2 Å². The van der Waals surface area contributed by atoms with Crippen LogP contribution in [-0.4, -0.2) is 40.9 Å². The van der Waals surface area contributed by atoms with Crippen molar-refractivity contribution in [2.24, 2.45) is 0 Å². The van der Waals surface area contributed by atoms with Crippen molar-refractivity contribution in [1.82, 2.24) is 25.2 Å². The number of tetrazole rings is 1. The van der Waals surface area contributed by atoms with Crippen LogP contribution in [0, 0.1) is 40.6 Å². The third kappa shape index (κ3) is 7.02. The van der Waals surface area contributed by atoms with Crippen molar-refractivity contribution in [2.75, 3.05) is 0 Å². The summed E-state index contributed by atoms with van der Waals surface area (Å²) in [5.41, 5.74) is 0.398. The Morgan fingerprint density at radius 3 is 2.24 bits per heavy atom. The zero-order valence-electron chi connectivity index (χ0n) is 23.8. The predicted octanol–water partition coefficient (Wildman–Crippen LogP) is 3.79. The van der Waals surface area contributed by atoms with Crippen molar-refractivity contribution in [1.29, 1.82) is 5.26 Å². The minimum atomic E-state index is -3.69. The van der Waals surface area contributed by atoms with Gasteiger partial charge in [-0.05, 0) is 76.2 Å². The summed E-state index contributed by atoms with van der Waals surface area (Å²) in [7, 11) is 3.54. The van der Waals surface area contributed by atoms with Crippen LogP contribution in [0.1, 0.15) is 39.4 Å². The quantitative estimate of drug-likeness (QED) is 0.151. The summed E-state index contributed by atoms with van der Waals surface area (Å²) >= 11 is 0. The average molecular weight is 610 g/mol. The first-order valence-corrected chi connectivity index (χ1v) is 13.5. The second-order valence-electron chi connectivity index (χ2n) is 10.5. The third-order valence-electron chi connectivity index (χ3n) is 7.00. The van der Waals surface area contributed by atoms with Gasteiger partial charge < -0.3 is 4.74 Å². The van der Waals surface area contributed by atoms with Crippen molar-refractivity contribution in [2.45, 2.75) is 23.8 Å². The van der Waals surface area contributed by atoms with Gasteiger partial charge in [0.1, 0.15) is 41.3 Å². The fraction of sp³-hybridized carbons (Fsp3) is 0.129. The van der Waals surface area contributed by atoms with Gasteiger partial charge in [-0.2, -0.15) is 14.0 Å². The molecule has 45 heavy (non-hydrogen) atoms. The first-order chi connectivity index (χ1) is 21.5. The van der Waals surface area contributed by atoms with Crippen LogP contribution in [0.2, 0.25) is 0 Å². The first-order valence-electron chi connectivity index (χ1n) is 13.5. The van der Waals surface area contributed by atoms with Gasteiger partial charge in [0, 0.05) is 23.4 Å². The second kappa shape index (κ2) is 12.6. The summed E-state index contributed by atoms with van der Waals surface area (Å²) in [5, 5.41) is 18.5. The second-order valence-corrected chi connectivity index (χ2v) is 10.5. The van der Waals surface area contributed by atoms with Gasteiger partial charge in [-0.3, -0.25) is 4.98 Å². The molecule has 5 rings (SSSR count).